The third kappa shape index (κ3) is 4.61. The fraction of sp³-hybridized carbons (Fsp3) is 0.0196. The van der Waals surface area contributed by atoms with E-state index in [4.69, 9.17) is 9.97 Å². The molecule has 0 fully saturated rings. The molecule has 11 rings (SSSR count). The van der Waals surface area contributed by atoms with Gasteiger partial charge in [0.2, 0.25) is 9.84 Å². The van der Waals surface area contributed by atoms with Gasteiger partial charge >= 0.3 is 0 Å². The molecule has 1 atom stereocenters. The summed E-state index contributed by atoms with van der Waals surface area (Å²) in [5.74, 6) is 0.633. The molecular formula is C51H32N2O2S. The molecule has 0 bridgehead atoms. The van der Waals surface area contributed by atoms with E-state index < -0.39 is 15.3 Å². The Morgan fingerprint density at radius 1 is 0.393 bits per heavy atom. The number of aromatic nitrogens is 2. The summed E-state index contributed by atoms with van der Waals surface area (Å²) < 4.78 is 30.2. The second-order valence-corrected chi connectivity index (χ2v) is 16.3. The summed E-state index contributed by atoms with van der Waals surface area (Å²) in [6.07, 6.45) is 0. The summed E-state index contributed by atoms with van der Waals surface area (Å²) in [4.78, 5) is 11.0. The van der Waals surface area contributed by atoms with Crippen LogP contribution in [-0.4, -0.2) is 18.4 Å². The number of hydrogen-bond donors (Lipinski definition) is 0. The van der Waals surface area contributed by atoms with Gasteiger partial charge in [0.25, 0.3) is 0 Å². The van der Waals surface area contributed by atoms with Gasteiger partial charge in [0.05, 0.1) is 26.6 Å². The standard InChI is InChI=1S/C51H32N2O2S/c54-56(55)48-26-14-13-25-43(48)51(44-30-28-33-15-7-8-20-37(33)49(44)56)42-24-12-11-23-40(42)38-21-9-10-22-39(38)41-29-27-36(31-45(41)51)47-32-46(34-16-3-1-4-17-34)52-50(53-47)35-18-5-2-6-19-35/h1-32H. The van der Waals surface area contributed by atoms with Crippen LogP contribution in [0.15, 0.2) is 204 Å². The van der Waals surface area contributed by atoms with E-state index in [0.29, 0.717) is 21.0 Å². The zero-order valence-electron chi connectivity index (χ0n) is 30.1. The molecule has 0 saturated carbocycles. The third-order valence-corrected chi connectivity index (χ3v) is 13.4. The highest BCUT2D eigenvalue weighted by molar-refractivity contribution is 7.92. The van der Waals surface area contributed by atoms with Gasteiger partial charge in [0.1, 0.15) is 0 Å². The van der Waals surface area contributed by atoms with Crippen molar-refractivity contribution in [3.8, 4) is 56.2 Å². The molecule has 0 amide bonds. The van der Waals surface area contributed by atoms with E-state index in [0.717, 1.165) is 78.0 Å². The van der Waals surface area contributed by atoms with Gasteiger partial charge in [0, 0.05) is 22.1 Å². The normalized spacial score (nSPS) is 15.9. The van der Waals surface area contributed by atoms with Crippen LogP contribution in [0.1, 0.15) is 22.3 Å². The smallest absolute Gasteiger partial charge is 0.207 e. The minimum atomic E-state index is -3.94. The SMILES string of the molecule is O=S1(=O)c2ccccc2C2(c3ccccc3-c3ccccc3-c3ccc(-c4cc(-c5ccccc5)nc(-c5ccccc5)n4)cc32)c2ccc3ccccc3c21. The zero-order valence-corrected chi connectivity index (χ0v) is 30.9. The zero-order chi connectivity index (χ0) is 37.4. The van der Waals surface area contributed by atoms with Gasteiger partial charge in [0.15, 0.2) is 5.82 Å². The van der Waals surface area contributed by atoms with Crippen molar-refractivity contribution in [2.45, 2.75) is 15.2 Å². The first-order valence-corrected chi connectivity index (χ1v) is 20.2. The van der Waals surface area contributed by atoms with Gasteiger partial charge in [-0.05, 0) is 68.1 Å². The minimum Gasteiger partial charge on any atom is -0.228 e. The predicted molar refractivity (Wildman–Crippen MR) is 224 cm³/mol. The van der Waals surface area contributed by atoms with E-state index >= 15 is 8.42 Å². The Hall–Kier alpha value is -6.95. The number of sulfone groups is 1. The molecule has 2 aliphatic rings. The molecule has 9 aromatic rings. The lowest BCUT2D eigenvalue weighted by molar-refractivity contribution is 0.581. The molecule has 0 radical (unpaired) electrons. The van der Waals surface area contributed by atoms with Crippen LogP contribution in [0.2, 0.25) is 0 Å². The van der Waals surface area contributed by atoms with Crippen molar-refractivity contribution in [2.24, 2.45) is 0 Å². The first-order chi connectivity index (χ1) is 27.5. The Kier molecular flexibility index (Phi) is 7.12. The second-order valence-electron chi connectivity index (χ2n) is 14.5. The van der Waals surface area contributed by atoms with Crippen LogP contribution >= 0.6 is 0 Å². The second kappa shape index (κ2) is 12.3. The van der Waals surface area contributed by atoms with Crippen molar-refractivity contribution in [1.82, 2.24) is 9.97 Å². The fourth-order valence-corrected chi connectivity index (χ4v) is 11.1. The minimum absolute atomic E-state index is 0.320. The summed E-state index contributed by atoms with van der Waals surface area (Å²) in [6.45, 7) is 0. The molecule has 1 aromatic heterocycles. The van der Waals surface area contributed by atoms with Crippen molar-refractivity contribution in [1.29, 1.82) is 0 Å². The van der Waals surface area contributed by atoms with Gasteiger partial charge < -0.3 is 0 Å². The molecule has 1 aliphatic carbocycles. The first kappa shape index (κ1) is 32.5. The fourth-order valence-electron chi connectivity index (χ4n) is 9.13. The highest BCUT2D eigenvalue weighted by Crippen LogP contribution is 2.60. The molecule has 4 nitrogen and oxygen atoms in total. The lowest BCUT2D eigenvalue weighted by Crippen LogP contribution is -2.38. The molecule has 56 heavy (non-hydrogen) atoms. The lowest BCUT2D eigenvalue weighted by atomic mass is 9.62. The topological polar surface area (TPSA) is 59.9 Å². The van der Waals surface area contributed by atoms with Crippen molar-refractivity contribution < 1.29 is 8.42 Å². The quantitative estimate of drug-likeness (QED) is 0.181. The molecule has 0 saturated heterocycles. The molecule has 1 aliphatic heterocycles. The Labute approximate surface area is 325 Å². The van der Waals surface area contributed by atoms with E-state index in [1.807, 2.05) is 91.0 Å². The van der Waals surface area contributed by atoms with Crippen LogP contribution in [-0.2, 0) is 15.3 Å². The summed E-state index contributed by atoms with van der Waals surface area (Å²) in [7, 11) is -3.94. The van der Waals surface area contributed by atoms with Gasteiger partial charge in [-0.2, -0.15) is 0 Å². The average Bonchev–Trinajstić information content (AvgIpc) is 3.37. The Morgan fingerprint density at radius 3 is 1.71 bits per heavy atom. The van der Waals surface area contributed by atoms with Crippen molar-refractivity contribution >= 4 is 20.6 Å². The largest absolute Gasteiger partial charge is 0.228 e. The third-order valence-electron chi connectivity index (χ3n) is 11.5. The predicted octanol–water partition coefficient (Wildman–Crippen LogP) is 11.8. The van der Waals surface area contributed by atoms with Crippen LogP contribution in [0.5, 0.6) is 0 Å². The highest BCUT2D eigenvalue weighted by Gasteiger charge is 2.52. The molecule has 264 valence electrons. The molecule has 1 unspecified atom stereocenters. The van der Waals surface area contributed by atoms with Gasteiger partial charge in [-0.1, -0.05) is 176 Å². The summed E-state index contributed by atoms with van der Waals surface area (Å²) in [5.41, 5.74) is 11.2. The van der Waals surface area contributed by atoms with E-state index in [2.05, 4.69) is 97.1 Å². The van der Waals surface area contributed by atoms with Gasteiger partial charge in [-0.15, -0.1) is 0 Å². The van der Waals surface area contributed by atoms with E-state index in [1.165, 1.54) is 0 Å². The molecular weight excluding hydrogens is 705 g/mol. The number of hydrogen-bond acceptors (Lipinski definition) is 4. The van der Waals surface area contributed by atoms with Crippen LogP contribution < -0.4 is 0 Å². The van der Waals surface area contributed by atoms with Gasteiger partial charge in [-0.25, -0.2) is 18.4 Å². The summed E-state index contributed by atoms with van der Waals surface area (Å²) >= 11 is 0. The van der Waals surface area contributed by atoms with Crippen molar-refractivity contribution in [3.63, 3.8) is 0 Å². The molecule has 1 spiro atoms. The van der Waals surface area contributed by atoms with Crippen molar-refractivity contribution in [2.75, 3.05) is 0 Å². The summed E-state index contributed by atoms with van der Waals surface area (Å²) in [6, 6.07) is 65.6. The Morgan fingerprint density at radius 2 is 0.964 bits per heavy atom. The molecule has 8 aromatic carbocycles. The lowest BCUT2D eigenvalue weighted by Gasteiger charge is -2.43. The van der Waals surface area contributed by atoms with E-state index in [-0.39, 0.29) is 0 Å². The number of rotatable bonds is 3. The highest BCUT2D eigenvalue weighted by atomic mass is 32.2. The maximum absolute atomic E-state index is 15.1. The maximum Gasteiger partial charge on any atom is 0.207 e. The molecule has 2 heterocycles. The summed E-state index contributed by atoms with van der Waals surface area (Å²) in [5, 5.41) is 1.60. The van der Waals surface area contributed by atoms with Crippen LogP contribution in [0.25, 0.3) is 66.9 Å². The molecule has 5 heteroatoms. The average molecular weight is 737 g/mol. The maximum atomic E-state index is 15.1. The van der Waals surface area contributed by atoms with Gasteiger partial charge in [-0.3, -0.25) is 0 Å². The Balaban J connectivity index is 1.31. The Bertz CT molecular complexity index is 3100. The number of fused-ring (bicyclic) bond motifs is 13. The van der Waals surface area contributed by atoms with Crippen LogP contribution in [0.3, 0.4) is 0 Å². The van der Waals surface area contributed by atoms with Crippen LogP contribution in [0, 0.1) is 0 Å². The van der Waals surface area contributed by atoms with Crippen LogP contribution in [0.4, 0.5) is 0 Å². The molecule has 0 N–H and O–H groups in total. The van der Waals surface area contributed by atoms with E-state index in [1.54, 1.807) is 6.07 Å². The monoisotopic (exact) mass is 736 g/mol. The van der Waals surface area contributed by atoms with E-state index in [9.17, 15) is 0 Å². The number of nitrogens with zero attached hydrogens (tertiary/aromatic N) is 2. The first-order valence-electron chi connectivity index (χ1n) is 18.7. The number of benzene rings is 8. The van der Waals surface area contributed by atoms with Crippen molar-refractivity contribution in [3.05, 3.63) is 216 Å².